The second kappa shape index (κ2) is 13.2. The summed E-state index contributed by atoms with van der Waals surface area (Å²) in [6, 6.07) is 12.6. The fourth-order valence-corrected chi connectivity index (χ4v) is 18.3. The number of rotatable bonds is 8. The molecule has 1 atom stereocenters. The molecular weight excluding hydrogens is 731 g/mol. The number of hydrogen-bond donors (Lipinski definition) is 0. The van der Waals surface area contributed by atoms with Crippen LogP contribution in [0.15, 0.2) is 64.0 Å². The topological polar surface area (TPSA) is 0 Å². The maximum atomic E-state index is 15.8. The van der Waals surface area contributed by atoms with Crippen LogP contribution in [0.25, 0.3) is 11.1 Å². The van der Waals surface area contributed by atoms with Crippen molar-refractivity contribution in [1.82, 2.24) is 0 Å². The van der Waals surface area contributed by atoms with Gasteiger partial charge in [0, 0.05) is 0 Å². The summed E-state index contributed by atoms with van der Waals surface area (Å²) < 4.78 is 150. The Morgan fingerprint density at radius 1 is 0.638 bits per heavy atom. The zero-order chi connectivity index (χ0) is 33.9. The summed E-state index contributed by atoms with van der Waals surface area (Å²) in [4.78, 5) is 0. The quantitative estimate of drug-likeness (QED) is 0.0557. The first-order valence-electron chi connectivity index (χ1n) is 14.7. The third kappa shape index (κ3) is 5.29. The van der Waals surface area contributed by atoms with Crippen LogP contribution in [0.4, 0.5) is 43.9 Å². The van der Waals surface area contributed by atoms with Gasteiger partial charge in [-0.1, -0.05) is 0 Å². The van der Waals surface area contributed by atoms with E-state index in [0.29, 0.717) is 12.1 Å². The summed E-state index contributed by atoms with van der Waals surface area (Å²) in [6.07, 6.45) is 6.35. The minimum absolute atomic E-state index is 0.0909. The van der Waals surface area contributed by atoms with Gasteiger partial charge in [-0.2, -0.15) is 0 Å². The number of allylic oxidation sites excluding steroid dienone is 4. The Bertz CT molecular complexity index is 1860. The summed E-state index contributed by atoms with van der Waals surface area (Å²) >= 11 is -4.67. The van der Waals surface area contributed by atoms with Crippen molar-refractivity contribution in [3.05, 3.63) is 133 Å². The molecular formula is C34H23BF10PZr. The molecule has 0 bridgehead atoms. The molecule has 0 spiro atoms. The van der Waals surface area contributed by atoms with E-state index in [2.05, 4.69) is 0 Å². The van der Waals surface area contributed by atoms with E-state index in [4.69, 9.17) is 0 Å². The molecule has 0 fully saturated rings. The van der Waals surface area contributed by atoms with Gasteiger partial charge in [0.2, 0.25) is 0 Å². The van der Waals surface area contributed by atoms with Gasteiger partial charge in [-0.05, 0) is 0 Å². The molecule has 47 heavy (non-hydrogen) atoms. The van der Waals surface area contributed by atoms with Crippen molar-refractivity contribution in [2.45, 2.75) is 25.9 Å². The molecule has 0 nitrogen and oxygen atoms in total. The molecule has 241 valence electrons. The van der Waals surface area contributed by atoms with E-state index >= 15 is 17.6 Å². The maximum absolute atomic E-state index is 15.8. The summed E-state index contributed by atoms with van der Waals surface area (Å²) in [5.74, 6) is -24.2. The van der Waals surface area contributed by atoms with Crippen LogP contribution < -0.4 is 14.2 Å². The molecule has 13 heteroatoms. The SMILES string of the molecule is CCP(CC)C1c2ccccc2-c2ccc[c]([Zr]([B](c3c(F)c(F)c(F)c(F)c3F)c3c(F)c(F)c(F)c(F)c3F)[C]3=CC=CC3)c21. The Morgan fingerprint density at radius 3 is 1.62 bits per heavy atom. The Hall–Kier alpha value is -2.96. The summed E-state index contributed by atoms with van der Waals surface area (Å²) in [6.45, 7) is 4.02. The Labute approximate surface area is 273 Å². The number of fused-ring (bicyclic) bond motifs is 3. The third-order valence-electron chi connectivity index (χ3n) is 8.86. The van der Waals surface area contributed by atoms with Crippen LogP contribution in [0.1, 0.15) is 37.1 Å². The Kier molecular flexibility index (Phi) is 9.49. The molecule has 2 aliphatic rings. The first-order chi connectivity index (χ1) is 22.5. The van der Waals surface area contributed by atoms with Gasteiger partial charge in [0.1, 0.15) is 0 Å². The fraction of sp³-hybridized carbons (Fsp3) is 0.176. The molecule has 0 aromatic heterocycles. The van der Waals surface area contributed by atoms with Gasteiger partial charge in [-0.25, -0.2) is 0 Å². The third-order valence-corrected chi connectivity index (χ3v) is 19.7. The first kappa shape index (κ1) is 33.9. The van der Waals surface area contributed by atoms with Gasteiger partial charge in [-0.3, -0.25) is 0 Å². The normalized spacial score (nSPS) is 14.9. The predicted octanol–water partition coefficient (Wildman–Crippen LogP) is 8.56. The summed E-state index contributed by atoms with van der Waals surface area (Å²) in [5, 5.41) is 0. The molecule has 0 saturated carbocycles. The molecule has 0 radical (unpaired) electrons. The van der Waals surface area contributed by atoms with Crippen LogP contribution in [0.3, 0.4) is 0 Å². The van der Waals surface area contributed by atoms with E-state index in [1.165, 1.54) is 0 Å². The van der Waals surface area contributed by atoms with Gasteiger partial charge in [0.05, 0.1) is 0 Å². The van der Waals surface area contributed by atoms with Crippen molar-refractivity contribution in [2.24, 2.45) is 0 Å². The molecule has 4 aromatic carbocycles. The Balaban J connectivity index is 1.78. The van der Waals surface area contributed by atoms with Gasteiger partial charge >= 0.3 is 274 Å². The zero-order valence-electron chi connectivity index (χ0n) is 24.8. The average Bonchev–Trinajstić information content (AvgIpc) is 3.73. The monoisotopic (exact) mass is 753 g/mol. The van der Waals surface area contributed by atoms with Crippen LogP contribution in [0, 0.1) is 58.2 Å². The van der Waals surface area contributed by atoms with Crippen LogP contribution in [-0.4, -0.2) is 16.6 Å². The van der Waals surface area contributed by atoms with E-state index < -0.39 is 103 Å². The van der Waals surface area contributed by atoms with Gasteiger partial charge in [-0.15, -0.1) is 0 Å². The van der Waals surface area contributed by atoms with E-state index in [0.717, 1.165) is 29.0 Å². The molecule has 0 N–H and O–H groups in total. The zero-order valence-corrected chi connectivity index (χ0v) is 28.1. The van der Waals surface area contributed by atoms with E-state index in [1.54, 1.807) is 30.4 Å². The van der Waals surface area contributed by atoms with Gasteiger partial charge in [0.25, 0.3) is 0 Å². The molecule has 6 rings (SSSR count). The van der Waals surface area contributed by atoms with Gasteiger partial charge < -0.3 is 0 Å². The van der Waals surface area contributed by atoms with Crippen LogP contribution >= 0.6 is 7.92 Å². The molecule has 0 aliphatic heterocycles. The van der Waals surface area contributed by atoms with Crippen molar-refractivity contribution in [3.63, 3.8) is 0 Å². The van der Waals surface area contributed by atoms with Crippen molar-refractivity contribution in [1.29, 1.82) is 0 Å². The number of halogens is 10. The predicted molar refractivity (Wildman–Crippen MR) is 161 cm³/mol. The van der Waals surface area contributed by atoms with Crippen LogP contribution in [0.5, 0.6) is 0 Å². The second-order valence-electron chi connectivity index (χ2n) is 11.1. The van der Waals surface area contributed by atoms with Crippen LogP contribution in [-0.2, 0) is 21.5 Å². The molecule has 0 heterocycles. The molecule has 2 aliphatic carbocycles. The molecule has 1 unspecified atom stereocenters. The summed E-state index contributed by atoms with van der Waals surface area (Å²) in [5.41, 5.74) is -0.265. The van der Waals surface area contributed by atoms with Crippen molar-refractivity contribution < 1.29 is 65.4 Å². The second-order valence-corrected chi connectivity index (χ2v) is 20.4. The average molecular weight is 755 g/mol. The molecule has 0 saturated heterocycles. The van der Waals surface area contributed by atoms with Crippen molar-refractivity contribution >= 4 is 26.4 Å². The van der Waals surface area contributed by atoms with E-state index in [1.807, 2.05) is 44.2 Å². The van der Waals surface area contributed by atoms with E-state index in [9.17, 15) is 26.3 Å². The molecule has 4 aromatic rings. The fourth-order valence-electron chi connectivity index (χ4n) is 6.78. The number of benzene rings is 4. The standard InChI is InChI=1S/C17H18P.C12BF10.C5H5.Zr/c1-3-18(4-2)17-15-11-7-5-9-13(15)14-10-6-8-12-16(14)17;14-3-1(4(15)8(19)11(22)7(3)18)13-2-5(16)9(20)12(23)10(21)6(2)17;1-2-4-5-3-1;/h5-11,17H,3-4H2,1-2H3;;1-3H,4H2;/q;+1;;-1. The summed E-state index contributed by atoms with van der Waals surface area (Å²) in [7, 11) is -0.805. The number of hydrogen-bond acceptors (Lipinski definition) is 0. The van der Waals surface area contributed by atoms with Gasteiger partial charge in [0.15, 0.2) is 0 Å². The van der Waals surface area contributed by atoms with Crippen molar-refractivity contribution in [2.75, 3.05) is 12.3 Å². The van der Waals surface area contributed by atoms with E-state index in [-0.39, 0.29) is 12.1 Å². The van der Waals surface area contributed by atoms with Crippen LogP contribution in [0.2, 0.25) is 0 Å². The molecule has 0 amide bonds. The first-order valence-corrected chi connectivity index (χ1v) is 20.3. The Morgan fingerprint density at radius 2 is 1.13 bits per heavy atom. The van der Waals surface area contributed by atoms with Crippen molar-refractivity contribution in [3.8, 4) is 11.1 Å². The minimum atomic E-state index is -4.67.